The maximum atomic E-state index is 4.65. The van der Waals surface area contributed by atoms with Gasteiger partial charge in [-0.25, -0.2) is 9.97 Å². The van der Waals surface area contributed by atoms with Gasteiger partial charge in [0, 0.05) is 25.0 Å². The third-order valence-corrected chi connectivity index (χ3v) is 4.33. The van der Waals surface area contributed by atoms with Crippen molar-refractivity contribution in [1.29, 1.82) is 0 Å². The van der Waals surface area contributed by atoms with E-state index in [1.165, 1.54) is 56.9 Å². The second-order valence-electron chi connectivity index (χ2n) is 6.23. The highest BCUT2D eigenvalue weighted by molar-refractivity contribution is 5.31. The second-order valence-corrected chi connectivity index (χ2v) is 6.23. The van der Waals surface area contributed by atoms with E-state index >= 15 is 0 Å². The van der Waals surface area contributed by atoms with Crippen LogP contribution in [0.1, 0.15) is 84.6 Å². The SMILES string of the molecule is CCCCC(CCCC)N(CCCC)c1ncc(CC)cn1. The molecule has 126 valence electrons. The molecule has 0 spiro atoms. The largest absolute Gasteiger partial charge is 0.338 e. The van der Waals surface area contributed by atoms with E-state index in [1.807, 2.05) is 12.4 Å². The van der Waals surface area contributed by atoms with Crippen LogP contribution >= 0.6 is 0 Å². The van der Waals surface area contributed by atoms with Crippen LogP contribution in [0.3, 0.4) is 0 Å². The first-order chi connectivity index (χ1) is 10.8. The molecule has 3 heteroatoms. The fourth-order valence-corrected chi connectivity index (χ4v) is 2.79. The van der Waals surface area contributed by atoms with Gasteiger partial charge in [0.25, 0.3) is 0 Å². The Hall–Kier alpha value is -1.12. The Morgan fingerprint density at radius 1 is 0.864 bits per heavy atom. The summed E-state index contributed by atoms with van der Waals surface area (Å²) in [7, 11) is 0. The number of hydrogen-bond donors (Lipinski definition) is 0. The van der Waals surface area contributed by atoms with Crippen molar-refractivity contribution in [1.82, 2.24) is 9.97 Å². The molecule has 1 aromatic rings. The first-order valence-corrected chi connectivity index (χ1v) is 9.34. The molecule has 0 fully saturated rings. The van der Waals surface area contributed by atoms with Gasteiger partial charge < -0.3 is 4.90 Å². The highest BCUT2D eigenvalue weighted by Gasteiger charge is 2.20. The van der Waals surface area contributed by atoms with Crippen LogP contribution in [0.5, 0.6) is 0 Å². The quantitative estimate of drug-likeness (QED) is 0.518. The van der Waals surface area contributed by atoms with Gasteiger partial charge in [-0.1, -0.05) is 59.8 Å². The van der Waals surface area contributed by atoms with E-state index in [2.05, 4.69) is 42.6 Å². The van der Waals surface area contributed by atoms with Crippen molar-refractivity contribution in [3.63, 3.8) is 0 Å². The molecule has 0 aliphatic rings. The summed E-state index contributed by atoms with van der Waals surface area (Å²) < 4.78 is 0. The normalized spacial score (nSPS) is 11.1. The summed E-state index contributed by atoms with van der Waals surface area (Å²) >= 11 is 0. The molecule has 0 aromatic carbocycles. The number of anilines is 1. The van der Waals surface area contributed by atoms with Crippen molar-refractivity contribution in [3.05, 3.63) is 18.0 Å². The molecule has 1 heterocycles. The summed E-state index contributed by atoms with van der Waals surface area (Å²) in [6, 6.07) is 0.596. The topological polar surface area (TPSA) is 29.0 Å². The van der Waals surface area contributed by atoms with Gasteiger partial charge in [-0.05, 0) is 31.2 Å². The summed E-state index contributed by atoms with van der Waals surface area (Å²) in [5.41, 5.74) is 1.22. The smallest absolute Gasteiger partial charge is 0.225 e. The zero-order valence-electron chi connectivity index (χ0n) is 15.1. The number of nitrogens with zero attached hydrogens (tertiary/aromatic N) is 3. The van der Waals surface area contributed by atoms with Crippen LogP contribution in [0.15, 0.2) is 12.4 Å². The molecule has 0 atom stereocenters. The lowest BCUT2D eigenvalue weighted by Crippen LogP contribution is -2.37. The maximum absolute atomic E-state index is 4.65. The van der Waals surface area contributed by atoms with Gasteiger partial charge in [0.2, 0.25) is 5.95 Å². The van der Waals surface area contributed by atoms with Crippen molar-refractivity contribution in [2.75, 3.05) is 11.4 Å². The average molecular weight is 306 g/mol. The summed E-state index contributed by atoms with van der Waals surface area (Å²) in [5.74, 6) is 0.933. The van der Waals surface area contributed by atoms with Gasteiger partial charge in [0.15, 0.2) is 0 Å². The zero-order valence-corrected chi connectivity index (χ0v) is 15.1. The summed E-state index contributed by atoms with van der Waals surface area (Å²) in [4.78, 5) is 11.8. The van der Waals surface area contributed by atoms with Crippen molar-refractivity contribution in [3.8, 4) is 0 Å². The lowest BCUT2D eigenvalue weighted by atomic mass is 10.0. The minimum Gasteiger partial charge on any atom is -0.338 e. The van der Waals surface area contributed by atoms with Crippen LogP contribution in [-0.2, 0) is 6.42 Å². The number of unbranched alkanes of at least 4 members (excludes halogenated alkanes) is 3. The zero-order chi connectivity index (χ0) is 16.2. The summed E-state index contributed by atoms with van der Waals surface area (Å²) in [5, 5.41) is 0. The third-order valence-electron chi connectivity index (χ3n) is 4.33. The Morgan fingerprint density at radius 3 is 1.86 bits per heavy atom. The van der Waals surface area contributed by atoms with E-state index < -0.39 is 0 Å². The van der Waals surface area contributed by atoms with E-state index in [9.17, 15) is 0 Å². The van der Waals surface area contributed by atoms with E-state index in [-0.39, 0.29) is 0 Å². The van der Waals surface area contributed by atoms with Crippen molar-refractivity contribution in [2.24, 2.45) is 0 Å². The van der Waals surface area contributed by atoms with Crippen molar-refractivity contribution < 1.29 is 0 Å². The lowest BCUT2D eigenvalue weighted by Gasteiger charge is -2.32. The Bertz CT molecular complexity index is 367. The van der Waals surface area contributed by atoms with Crippen LogP contribution in [0.2, 0.25) is 0 Å². The highest BCUT2D eigenvalue weighted by Crippen LogP contribution is 2.21. The molecule has 0 aliphatic heterocycles. The molecular weight excluding hydrogens is 270 g/mol. The van der Waals surface area contributed by atoms with Crippen LogP contribution in [-0.4, -0.2) is 22.6 Å². The van der Waals surface area contributed by atoms with Gasteiger partial charge >= 0.3 is 0 Å². The van der Waals surface area contributed by atoms with Gasteiger partial charge in [-0.2, -0.15) is 0 Å². The van der Waals surface area contributed by atoms with E-state index in [1.54, 1.807) is 0 Å². The fraction of sp³-hybridized carbons (Fsp3) is 0.789. The maximum Gasteiger partial charge on any atom is 0.225 e. The minimum absolute atomic E-state index is 0.596. The number of aryl methyl sites for hydroxylation is 1. The monoisotopic (exact) mass is 305 g/mol. The van der Waals surface area contributed by atoms with E-state index in [4.69, 9.17) is 0 Å². The van der Waals surface area contributed by atoms with Gasteiger partial charge in [0.1, 0.15) is 0 Å². The van der Waals surface area contributed by atoms with Crippen molar-refractivity contribution in [2.45, 2.75) is 91.5 Å². The second kappa shape index (κ2) is 11.4. The lowest BCUT2D eigenvalue weighted by molar-refractivity contribution is 0.468. The Labute approximate surface area is 137 Å². The van der Waals surface area contributed by atoms with Crippen LogP contribution in [0.25, 0.3) is 0 Å². The number of rotatable bonds is 12. The molecule has 0 amide bonds. The molecular formula is C19H35N3. The first-order valence-electron chi connectivity index (χ1n) is 9.34. The molecule has 0 saturated carbocycles. The fourth-order valence-electron chi connectivity index (χ4n) is 2.79. The number of aromatic nitrogens is 2. The predicted octanol–water partition coefficient (Wildman–Crippen LogP) is 5.39. The molecule has 1 aromatic heterocycles. The molecule has 0 aliphatic carbocycles. The minimum atomic E-state index is 0.596. The molecule has 3 nitrogen and oxygen atoms in total. The Morgan fingerprint density at radius 2 is 1.41 bits per heavy atom. The Kier molecular flexibility index (Phi) is 9.85. The van der Waals surface area contributed by atoms with Crippen LogP contribution in [0.4, 0.5) is 5.95 Å². The summed E-state index contributed by atoms with van der Waals surface area (Å²) in [6.07, 6.45) is 15.1. The van der Waals surface area contributed by atoms with E-state index in [0.29, 0.717) is 6.04 Å². The van der Waals surface area contributed by atoms with Gasteiger partial charge in [-0.15, -0.1) is 0 Å². The first kappa shape index (κ1) is 18.9. The highest BCUT2D eigenvalue weighted by atomic mass is 15.3. The third kappa shape index (κ3) is 6.33. The molecule has 1 rings (SSSR count). The molecule has 22 heavy (non-hydrogen) atoms. The molecule has 0 radical (unpaired) electrons. The van der Waals surface area contributed by atoms with Gasteiger partial charge in [-0.3, -0.25) is 0 Å². The van der Waals surface area contributed by atoms with Crippen molar-refractivity contribution >= 4 is 5.95 Å². The average Bonchev–Trinajstić information content (AvgIpc) is 2.57. The van der Waals surface area contributed by atoms with Crippen LogP contribution < -0.4 is 4.90 Å². The molecule has 0 saturated heterocycles. The molecule has 0 unspecified atom stereocenters. The van der Waals surface area contributed by atoms with Crippen LogP contribution in [0, 0.1) is 0 Å². The predicted molar refractivity (Wildman–Crippen MR) is 96.5 cm³/mol. The van der Waals surface area contributed by atoms with Gasteiger partial charge in [0.05, 0.1) is 0 Å². The Balaban J connectivity index is 2.88. The molecule has 0 bridgehead atoms. The number of hydrogen-bond acceptors (Lipinski definition) is 3. The summed E-state index contributed by atoms with van der Waals surface area (Å²) in [6.45, 7) is 10.0. The molecule has 0 N–H and O–H groups in total. The standard InChI is InChI=1S/C19H35N3/c1-5-9-12-18(13-10-6-2)22(14-11-7-3)19-20-15-17(8-4)16-21-19/h15-16,18H,5-14H2,1-4H3. The van der Waals surface area contributed by atoms with E-state index in [0.717, 1.165) is 18.9 Å².